The molecular formula is C29H42N4O4. The highest BCUT2D eigenvalue weighted by Gasteiger charge is 2.53. The molecule has 3 aliphatic heterocycles. The molecule has 0 bridgehead atoms. The Morgan fingerprint density at radius 3 is 2.49 bits per heavy atom. The number of ketones is 1. The van der Waals surface area contributed by atoms with Gasteiger partial charge >= 0.3 is 0 Å². The number of primary amides is 1. The summed E-state index contributed by atoms with van der Waals surface area (Å²) in [5.74, 6) is -0.727. The lowest BCUT2D eigenvalue weighted by Crippen LogP contribution is -2.47. The number of Topliss-reactive ketones (excluding diaryl/α,β-unsaturated/α-hetero) is 1. The third kappa shape index (κ3) is 5.02. The first-order chi connectivity index (χ1) is 17.9. The Bertz CT molecular complexity index is 1020. The first kappa shape index (κ1) is 26.2. The summed E-state index contributed by atoms with van der Waals surface area (Å²) in [6.45, 7) is 9.85. The van der Waals surface area contributed by atoms with Gasteiger partial charge in [0.15, 0.2) is 5.78 Å². The largest absolute Gasteiger partial charge is 0.369 e. The fourth-order valence-electron chi connectivity index (χ4n) is 7.17. The van der Waals surface area contributed by atoms with Gasteiger partial charge in [0, 0.05) is 49.9 Å². The summed E-state index contributed by atoms with van der Waals surface area (Å²) in [4.78, 5) is 46.5. The Labute approximate surface area is 220 Å². The summed E-state index contributed by atoms with van der Waals surface area (Å²) in [7, 11) is 0. The SMILES string of the molecule is CCCN1CCN(c2ccc(C(N)=O)c([C@@H](C(=O)N3C[C@H](CC)[C@H]4OCC(=O)[C@H]43)C3CCCC3)c2)CC1. The van der Waals surface area contributed by atoms with E-state index in [2.05, 4.69) is 23.6 Å². The molecule has 1 aliphatic carbocycles. The number of likely N-dealkylation sites (tertiary alicyclic amines) is 1. The number of rotatable bonds is 8. The molecule has 8 nitrogen and oxygen atoms in total. The molecule has 1 saturated carbocycles. The van der Waals surface area contributed by atoms with Crippen molar-refractivity contribution in [1.82, 2.24) is 9.80 Å². The number of piperazine rings is 1. The van der Waals surface area contributed by atoms with Crippen molar-refractivity contribution in [2.45, 2.75) is 70.4 Å². The van der Waals surface area contributed by atoms with Crippen LogP contribution >= 0.6 is 0 Å². The third-order valence-corrected chi connectivity index (χ3v) is 9.15. The summed E-state index contributed by atoms with van der Waals surface area (Å²) in [5, 5.41) is 0. The van der Waals surface area contributed by atoms with Gasteiger partial charge in [-0.1, -0.05) is 26.7 Å². The fraction of sp³-hybridized carbons (Fsp3) is 0.690. The zero-order valence-electron chi connectivity index (χ0n) is 22.4. The molecule has 8 heteroatoms. The third-order valence-electron chi connectivity index (χ3n) is 9.15. The van der Waals surface area contributed by atoms with Gasteiger partial charge in [-0.3, -0.25) is 19.3 Å². The van der Waals surface area contributed by atoms with Gasteiger partial charge in [-0.2, -0.15) is 0 Å². The summed E-state index contributed by atoms with van der Waals surface area (Å²) < 4.78 is 5.84. The smallest absolute Gasteiger partial charge is 0.249 e. The van der Waals surface area contributed by atoms with Crippen molar-refractivity contribution in [2.75, 3.05) is 50.8 Å². The molecule has 0 radical (unpaired) electrons. The molecule has 2 amide bonds. The van der Waals surface area contributed by atoms with E-state index in [4.69, 9.17) is 10.5 Å². The average Bonchev–Trinajstić information content (AvgIpc) is 3.64. The predicted molar refractivity (Wildman–Crippen MR) is 143 cm³/mol. The molecule has 1 aromatic carbocycles. The van der Waals surface area contributed by atoms with Crippen LogP contribution in [0.4, 0.5) is 5.69 Å². The van der Waals surface area contributed by atoms with E-state index in [1.165, 1.54) is 0 Å². The van der Waals surface area contributed by atoms with Gasteiger partial charge in [-0.05, 0) is 61.9 Å². The summed E-state index contributed by atoms with van der Waals surface area (Å²) in [5.41, 5.74) is 8.08. The zero-order valence-corrected chi connectivity index (χ0v) is 22.4. The normalized spacial score (nSPS) is 27.6. The molecule has 5 rings (SSSR count). The van der Waals surface area contributed by atoms with E-state index in [1.54, 1.807) is 4.90 Å². The second-order valence-corrected chi connectivity index (χ2v) is 11.3. The van der Waals surface area contributed by atoms with Gasteiger partial charge in [-0.25, -0.2) is 0 Å². The minimum absolute atomic E-state index is 0.00621. The van der Waals surface area contributed by atoms with Gasteiger partial charge in [0.25, 0.3) is 0 Å². The molecule has 1 aromatic rings. The number of ether oxygens (including phenoxy) is 1. The molecule has 4 atom stereocenters. The van der Waals surface area contributed by atoms with Crippen molar-refractivity contribution in [3.05, 3.63) is 29.3 Å². The molecule has 2 N–H and O–H groups in total. The minimum Gasteiger partial charge on any atom is -0.369 e. The quantitative estimate of drug-likeness (QED) is 0.578. The summed E-state index contributed by atoms with van der Waals surface area (Å²) in [6.07, 6.45) is 5.82. The molecule has 0 aromatic heterocycles. The van der Waals surface area contributed by atoms with E-state index in [-0.39, 0.29) is 36.2 Å². The highest BCUT2D eigenvalue weighted by molar-refractivity contribution is 5.99. The molecular weight excluding hydrogens is 468 g/mol. The Morgan fingerprint density at radius 1 is 1.11 bits per heavy atom. The number of nitrogens with zero attached hydrogens (tertiary/aromatic N) is 3. The van der Waals surface area contributed by atoms with Crippen LogP contribution in [0, 0.1) is 11.8 Å². The van der Waals surface area contributed by atoms with Crippen molar-refractivity contribution in [2.24, 2.45) is 17.6 Å². The number of carbonyl (C=O) groups is 3. The fourth-order valence-corrected chi connectivity index (χ4v) is 7.17. The standard InChI is InChI=1S/C29H42N4O4/c1-3-11-31-12-14-32(15-13-31)21-9-10-22(28(30)35)23(16-21)25(20-7-5-6-8-20)29(36)33-17-19(4-2)27-26(33)24(34)18-37-27/h9-10,16,19-20,25-27H,3-8,11-15,17-18H2,1-2H3,(H2,30,35)/t19-,25-,26+,27+/m0/s1. The number of anilines is 1. The number of amides is 2. The van der Waals surface area contributed by atoms with E-state index >= 15 is 0 Å². The average molecular weight is 511 g/mol. The lowest BCUT2D eigenvalue weighted by molar-refractivity contribution is -0.138. The zero-order chi connectivity index (χ0) is 26.1. The first-order valence-electron chi connectivity index (χ1n) is 14.3. The van der Waals surface area contributed by atoms with Gasteiger partial charge in [0.2, 0.25) is 11.8 Å². The van der Waals surface area contributed by atoms with E-state index in [1.807, 2.05) is 18.2 Å². The number of hydrogen-bond donors (Lipinski definition) is 1. The first-order valence-corrected chi connectivity index (χ1v) is 14.3. The van der Waals surface area contributed by atoms with E-state index in [0.717, 1.165) is 82.5 Å². The molecule has 4 fully saturated rings. The van der Waals surface area contributed by atoms with E-state index < -0.39 is 17.9 Å². The van der Waals surface area contributed by atoms with E-state index in [9.17, 15) is 14.4 Å². The maximum Gasteiger partial charge on any atom is 0.249 e. The van der Waals surface area contributed by atoms with Crippen LogP contribution in [0.1, 0.15) is 74.2 Å². The molecule has 3 heterocycles. The topological polar surface area (TPSA) is 96.2 Å². The Balaban J connectivity index is 1.49. The maximum atomic E-state index is 14.4. The molecule has 37 heavy (non-hydrogen) atoms. The van der Waals surface area contributed by atoms with Gasteiger partial charge in [-0.15, -0.1) is 0 Å². The monoisotopic (exact) mass is 510 g/mol. The van der Waals surface area contributed by atoms with Crippen molar-refractivity contribution in [3.8, 4) is 0 Å². The maximum absolute atomic E-state index is 14.4. The molecule has 3 saturated heterocycles. The van der Waals surface area contributed by atoms with E-state index in [0.29, 0.717) is 12.1 Å². The van der Waals surface area contributed by atoms with Crippen LogP contribution in [0.25, 0.3) is 0 Å². The van der Waals surface area contributed by atoms with Gasteiger partial charge < -0.3 is 20.3 Å². The lowest BCUT2D eigenvalue weighted by atomic mass is 9.80. The predicted octanol–water partition coefficient (Wildman–Crippen LogP) is 2.80. The highest BCUT2D eigenvalue weighted by Crippen LogP contribution is 2.43. The summed E-state index contributed by atoms with van der Waals surface area (Å²) >= 11 is 0. The lowest BCUT2D eigenvalue weighted by Gasteiger charge is -2.37. The van der Waals surface area contributed by atoms with Crippen molar-refractivity contribution in [3.63, 3.8) is 0 Å². The summed E-state index contributed by atoms with van der Waals surface area (Å²) in [6, 6.07) is 5.33. The Hall–Kier alpha value is -2.45. The second-order valence-electron chi connectivity index (χ2n) is 11.3. The molecule has 4 aliphatic rings. The van der Waals surface area contributed by atoms with Crippen LogP contribution in [0.15, 0.2) is 18.2 Å². The van der Waals surface area contributed by atoms with Gasteiger partial charge in [0.1, 0.15) is 12.6 Å². The van der Waals surface area contributed by atoms with Crippen LogP contribution in [-0.4, -0.2) is 85.4 Å². The molecule has 0 unspecified atom stereocenters. The van der Waals surface area contributed by atoms with Gasteiger partial charge in [0.05, 0.1) is 12.0 Å². The van der Waals surface area contributed by atoms with Crippen molar-refractivity contribution < 1.29 is 19.1 Å². The van der Waals surface area contributed by atoms with Crippen LogP contribution in [0.2, 0.25) is 0 Å². The Morgan fingerprint density at radius 2 is 1.84 bits per heavy atom. The minimum atomic E-state index is -0.506. The highest BCUT2D eigenvalue weighted by atomic mass is 16.5. The van der Waals surface area contributed by atoms with Crippen molar-refractivity contribution >= 4 is 23.3 Å². The number of fused-ring (bicyclic) bond motifs is 1. The molecule has 0 spiro atoms. The number of nitrogens with two attached hydrogens (primary N) is 1. The Kier molecular flexibility index (Phi) is 7.86. The second kappa shape index (κ2) is 11.1. The number of benzene rings is 1. The number of hydrogen-bond acceptors (Lipinski definition) is 6. The van der Waals surface area contributed by atoms with Crippen molar-refractivity contribution in [1.29, 1.82) is 0 Å². The van der Waals surface area contributed by atoms with Crippen LogP contribution in [-0.2, 0) is 14.3 Å². The van der Waals surface area contributed by atoms with Crippen LogP contribution in [0.3, 0.4) is 0 Å². The van der Waals surface area contributed by atoms with Crippen LogP contribution < -0.4 is 10.6 Å². The van der Waals surface area contributed by atoms with Crippen LogP contribution in [0.5, 0.6) is 0 Å². The number of carbonyl (C=O) groups excluding carboxylic acids is 3. The molecule has 202 valence electrons.